The lowest BCUT2D eigenvalue weighted by Gasteiger charge is -2.13. The van der Waals surface area contributed by atoms with Crippen molar-refractivity contribution in [3.63, 3.8) is 0 Å². The average Bonchev–Trinajstić information content (AvgIpc) is 2.49. The summed E-state index contributed by atoms with van der Waals surface area (Å²) in [7, 11) is 1.77. The molecule has 14 heavy (non-hydrogen) atoms. The third-order valence-corrected chi connectivity index (χ3v) is 2.48. The highest BCUT2D eigenvalue weighted by Crippen LogP contribution is 2.16. The highest BCUT2D eigenvalue weighted by atomic mass is 35.5. The molecule has 0 bridgehead atoms. The lowest BCUT2D eigenvalue weighted by molar-refractivity contribution is 0.433. The van der Waals surface area contributed by atoms with E-state index in [1.165, 1.54) is 4.80 Å². The van der Waals surface area contributed by atoms with Crippen LogP contribution in [0.4, 0.5) is 0 Å². The van der Waals surface area contributed by atoms with E-state index in [-0.39, 0.29) is 0 Å². The second kappa shape index (κ2) is 5.29. The second-order valence-corrected chi connectivity index (χ2v) is 4.36. The number of rotatable bonds is 5. The van der Waals surface area contributed by atoms with E-state index in [4.69, 9.17) is 11.6 Å². The molecule has 0 saturated carbocycles. The Morgan fingerprint density at radius 1 is 1.43 bits per heavy atom. The summed E-state index contributed by atoms with van der Waals surface area (Å²) in [5, 5.41) is 11.9. The van der Waals surface area contributed by atoms with E-state index < -0.39 is 0 Å². The lowest BCUT2D eigenvalue weighted by atomic mass is 9.96. The second-order valence-electron chi connectivity index (χ2n) is 4.05. The van der Waals surface area contributed by atoms with Crippen LogP contribution >= 0.6 is 11.6 Å². The highest BCUT2D eigenvalue weighted by Gasteiger charge is 2.13. The van der Waals surface area contributed by atoms with Gasteiger partial charge < -0.3 is 0 Å². The largest absolute Gasteiger partial charge is 0.175 e. The molecule has 4 nitrogen and oxygen atoms in total. The van der Waals surface area contributed by atoms with Crippen LogP contribution in [0, 0.1) is 11.8 Å². The maximum atomic E-state index is 5.89. The van der Waals surface area contributed by atoms with Crippen molar-refractivity contribution in [1.29, 1.82) is 0 Å². The SMILES string of the molecule is CC(C)CC(CCl)Cc1nnn(C)n1. The Labute approximate surface area is 89.6 Å². The molecule has 0 aliphatic carbocycles. The molecule has 0 aromatic carbocycles. The smallest absolute Gasteiger partial charge is 0.167 e. The summed E-state index contributed by atoms with van der Waals surface area (Å²) in [6.07, 6.45) is 1.94. The van der Waals surface area contributed by atoms with Crippen molar-refractivity contribution in [2.24, 2.45) is 18.9 Å². The van der Waals surface area contributed by atoms with Gasteiger partial charge in [0.25, 0.3) is 0 Å². The molecular weight excluding hydrogens is 200 g/mol. The summed E-state index contributed by atoms with van der Waals surface area (Å²) in [5.41, 5.74) is 0. The molecule has 1 aromatic rings. The predicted molar refractivity (Wildman–Crippen MR) is 56.2 cm³/mol. The van der Waals surface area contributed by atoms with Gasteiger partial charge in [0.1, 0.15) is 0 Å². The topological polar surface area (TPSA) is 43.6 Å². The Balaban J connectivity index is 2.48. The summed E-state index contributed by atoms with van der Waals surface area (Å²) in [6, 6.07) is 0. The molecule has 1 unspecified atom stereocenters. The molecule has 0 fully saturated rings. The first-order valence-electron chi connectivity index (χ1n) is 4.90. The van der Waals surface area contributed by atoms with Crippen molar-refractivity contribution in [2.45, 2.75) is 26.7 Å². The molecule has 0 saturated heterocycles. The van der Waals surface area contributed by atoms with Crippen LogP contribution in [0.15, 0.2) is 0 Å². The maximum Gasteiger partial charge on any atom is 0.175 e. The zero-order chi connectivity index (χ0) is 10.6. The number of aryl methyl sites for hydroxylation is 1. The molecule has 0 amide bonds. The van der Waals surface area contributed by atoms with Gasteiger partial charge in [-0.05, 0) is 23.5 Å². The van der Waals surface area contributed by atoms with Gasteiger partial charge in [0.15, 0.2) is 5.82 Å². The highest BCUT2D eigenvalue weighted by molar-refractivity contribution is 6.18. The van der Waals surface area contributed by atoms with Crippen LogP contribution in [-0.2, 0) is 13.5 Å². The monoisotopic (exact) mass is 216 g/mol. The van der Waals surface area contributed by atoms with Gasteiger partial charge in [-0.25, -0.2) is 0 Å². The minimum Gasteiger partial charge on any atom is -0.167 e. The summed E-state index contributed by atoms with van der Waals surface area (Å²) >= 11 is 5.89. The Morgan fingerprint density at radius 3 is 2.57 bits per heavy atom. The molecule has 80 valence electrons. The molecule has 1 atom stereocenters. The first-order chi connectivity index (χ1) is 6.61. The molecule has 0 radical (unpaired) electrons. The van der Waals surface area contributed by atoms with Crippen molar-refractivity contribution in [2.75, 3.05) is 5.88 Å². The van der Waals surface area contributed by atoms with E-state index in [0.29, 0.717) is 17.7 Å². The minimum absolute atomic E-state index is 0.459. The van der Waals surface area contributed by atoms with E-state index in [2.05, 4.69) is 29.3 Å². The van der Waals surface area contributed by atoms with Crippen molar-refractivity contribution >= 4 is 11.6 Å². The van der Waals surface area contributed by atoms with Crippen LogP contribution in [0.1, 0.15) is 26.1 Å². The Kier molecular flexibility index (Phi) is 4.32. The van der Waals surface area contributed by atoms with Crippen LogP contribution in [0.25, 0.3) is 0 Å². The third-order valence-electron chi connectivity index (χ3n) is 2.04. The molecule has 0 N–H and O–H groups in total. The molecule has 0 spiro atoms. The van der Waals surface area contributed by atoms with Crippen molar-refractivity contribution < 1.29 is 0 Å². The zero-order valence-corrected chi connectivity index (χ0v) is 9.70. The van der Waals surface area contributed by atoms with Gasteiger partial charge in [0.05, 0.1) is 7.05 Å². The van der Waals surface area contributed by atoms with Gasteiger partial charge in [0, 0.05) is 12.3 Å². The van der Waals surface area contributed by atoms with Gasteiger partial charge in [-0.2, -0.15) is 4.80 Å². The van der Waals surface area contributed by atoms with E-state index >= 15 is 0 Å². The predicted octanol–water partition coefficient (Wildman–Crippen LogP) is 1.65. The number of hydrogen-bond donors (Lipinski definition) is 0. The van der Waals surface area contributed by atoms with Crippen LogP contribution in [-0.4, -0.2) is 26.1 Å². The number of hydrogen-bond acceptors (Lipinski definition) is 3. The Bertz CT molecular complexity index is 272. The van der Waals surface area contributed by atoms with Gasteiger partial charge in [-0.1, -0.05) is 13.8 Å². The molecule has 1 heterocycles. The van der Waals surface area contributed by atoms with Crippen LogP contribution in [0.5, 0.6) is 0 Å². The van der Waals surface area contributed by atoms with Crippen LogP contribution in [0.2, 0.25) is 0 Å². The zero-order valence-electron chi connectivity index (χ0n) is 8.94. The number of aromatic nitrogens is 4. The average molecular weight is 217 g/mol. The van der Waals surface area contributed by atoms with Crippen molar-refractivity contribution in [3.05, 3.63) is 5.82 Å². The summed E-state index contributed by atoms with van der Waals surface area (Å²) in [4.78, 5) is 1.48. The molecule has 0 aliphatic heterocycles. The van der Waals surface area contributed by atoms with Crippen LogP contribution in [0.3, 0.4) is 0 Å². The van der Waals surface area contributed by atoms with E-state index in [0.717, 1.165) is 18.7 Å². The summed E-state index contributed by atoms with van der Waals surface area (Å²) < 4.78 is 0. The van der Waals surface area contributed by atoms with Crippen molar-refractivity contribution in [3.8, 4) is 0 Å². The quantitative estimate of drug-likeness (QED) is 0.704. The van der Waals surface area contributed by atoms with Gasteiger partial charge in [-0.3, -0.25) is 0 Å². The van der Waals surface area contributed by atoms with Gasteiger partial charge in [0.2, 0.25) is 0 Å². The minimum atomic E-state index is 0.459. The lowest BCUT2D eigenvalue weighted by Crippen LogP contribution is -2.11. The van der Waals surface area contributed by atoms with E-state index in [9.17, 15) is 0 Å². The third kappa shape index (κ3) is 3.62. The van der Waals surface area contributed by atoms with Gasteiger partial charge >= 0.3 is 0 Å². The van der Waals surface area contributed by atoms with Gasteiger partial charge in [-0.15, -0.1) is 21.8 Å². The molecule has 0 aliphatic rings. The van der Waals surface area contributed by atoms with E-state index in [1.807, 2.05) is 0 Å². The Morgan fingerprint density at radius 2 is 2.14 bits per heavy atom. The first-order valence-corrected chi connectivity index (χ1v) is 5.44. The normalized spacial score (nSPS) is 13.5. The fourth-order valence-corrected chi connectivity index (χ4v) is 1.77. The number of nitrogens with zero attached hydrogens (tertiary/aromatic N) is 4. The van der Waals surface area contributed by atoms with Crippen molar-refractivity contribution in [1.82, 2.24) is 20.2 Å². The molecule has 5 heteroatoms. The number of tetrazole rings is 1. The number of halogens is 1. The Hall–Kier alpha value is -0.640. The molecule has 1 rings (SSSR count). The standard InChI is InChI=1S/C9H17ClN4/c1-7(2)4-8(6-10)5-9-11-13-14(3)12-9/h7-8H,4-6H2,1-3H3. The molecule has 1 aromatic heterocycles. The summed E-state index contributed by atoms with van der Waals surface area (Å²) in [5.74, 6) is 2.58. The first kappa shape index (κ1) is 11.4. The maximum absolute atomic E-state index is 5.89. The summed E-state index contributed by atoms with van der Waals surface area (Å²) in [6.45, 7) is 4.40. The number of alkyl halides is 1. The van der Waals surface area contributed by atoms with Crippen LogP contribution < -0.4 is 0 Å². The fourth-order valence-electron chi connectivity index (χ4n) is 1.53. The van der Waals surface area contributed by atoms with E-state index in [1.54, 1.807) is 7.05 Å². The fraction of sp³-hybridized carbons (Fsp3) is 0.889. The molecular formula is C9H17ClN4.